The highest BCUT2D eigenvalue weighted by Crippen LogP contribution is 2.08. The van der Waals surface area contributed by atoms with Crippen LogP contribution in [0.25, 0.3) is 0 Å². The third kappa shape index (κ3) is 3.04. The first-order chi connectivity index (χ1) is 8.25. The van der Waals surface area contributed by atoms with Crippen LogP contribution in [0.1, 0.15) is 6.92 Å². The molecule has 1 heterocycles. The molecular formula is C13H13N3O. The predicted octanol–water partition coefficient (Wildman–Crippen LogP) is 2.98. The molecule has 0 aliphatic carbocycles. The Bertz CT molecular complexity index is 489. The highest BCUT2D eigenvalue weighted by atomic mass is 16.2. The number of nitrogens with one attached hydrogen (secondary N) is 1. The van der Waals surface area contributed by atoms with Gasteiger partial charge in [-0.25, -0.2) is 4.79 Å². The zero-order valence-corrected chi connectivity index (χ0v) is 9.50. The Hall–Kier alpha value is -2.36. The monoisotopic (exact) mass is 227 g/mol. The zero-order chi connectivity index (χ0) is 12.1. The lowest BCUT2D eigenvalue weighted by Crippen LogP contribution is -2.26. The van der Waals surface area contributed by atoms with Crippen LogP contribution in [0.3, 0.4) is 0 Å². The molecule has 1 aliphatic rings. The molecule has 4 nitrogen and oxygen atoms in total. The lowest BCUT2D eigenvalue weighted by Gasteiger charge is -2.13. The van der Waals surface area contributed by atoms with E-state index in [-0.39, 0.29) is 6.03 Å². The first-order valence-electron chi connectivity index (χ1n) is 5.31. The summed E-state index contributed by atoms with van der Waals surface area (Å²) >= 11 is 0. The summed E-state index contributed by atoms with van der Waals surface area (Å²) in [4.78, 5) is 11.9. The molecule has 0 fully saturated rings. The van der Waals surface area contributed by atoms with Gasteiger partial charge in [-0.3, -0.25) is 0 Å². The summed E-state index contributed by atoms with van der Waals surface area (Å²) in [5, 5.41) is 8.18. The fourth-order valence-electron chi connectivity index (χ4n) is 1.38. The van der Waals surface area contributed by atoms with Gasteiger partial charge in [0.15, 0.2) is 0 Å². The van der Waals surface area contributed by atoms with E-state index in [0.717, 1.165) is 11.4 Å². The number of carbonyl (C=O) groups is 1. The second-order valence-electron chi connectivity index (χ2n) is 3.58. The van der Waals surface area contributed by atoms with Crippen molar-refractivity contribution in [3.05, 3.63) is 54.8 Å². The normalized spacial score (nSPS) is 14.2. The molecule has 2 rings (SSSR count). The lowest BCUT2D eigenvalue weighted by molar-refractivity contribution is 0.230. The van der Waals surface area contributed by atoms with Crippen molar-refractivity contribution in [2.24, 2.45) is 5.10 Å². The van der Waals surface area contributed by atoms with Crippen LogP contribution >= 0.6 is 0 Å². The van der Waals surface area contributed by atoms with Crippen LogP contribution in [0, 0.1) is 0 Å². The molecule has 4 heteroatoms. The number of hydrazone groups is 1. The number of benzene rings is 1. The molecule has 0 atom stereocenters. The van der Waals surface area contributed by atoms with Crippen molar-refractivity contribution in [2.75, 3.05) is 5.32 Å². The van der Waals surface area contributed by atoms with Crippen LogP contribution in [0.2, 0.25) is 0 Å². The SMILES string of the molecule is CC1=NN(C(=O)Nc2ccccc2)C=CC=C1. The average Bonchev–Trinajstić information content (AvgIpc) is 2.55. The van der Waals surface area contributed by atoms with Gasteiger partial charge in [0, 0.05) is 11.9 Å². The van der Waals surface area contributed by atoms with Crippen molar-refractivity contribution in [3.63, 3.8) is 0 Å². The van der Waals surface area contributed by atoms with E-state index in [1.807, 2.05) is 49.4 Å². The Balaban J connectivity index is 2.08. The van der Waals surface area contributed by atoms with Gasteiger partial charge in [-0.15, -0.1) is 0 Å². The van der Waals surface area contributed by atoms with Crippen molar-refractivity contribution >= 4 is 17.4 Å². The highest BCUT2D eigenvalue weighted by molar-refractivity contribution is 5.96. The van der Waals surface area contributed by atoms with Crippen LogP contribution in [-0.2, 0) is 0 Å². The van der Waals surface area contributed by atoms with Crippen LogP contribution in [-0.4, -0.2) is 16.8 Å². The maximum atomic E-state index is 11.9. The van der Waals surface area contributed by atoms with E-state index in [2.05, 4.69) is 10.4 Å². The number of nitrogens with zero attached hydrogens (tertiary/aromatic N) is 2. The van der Waals surface area contributed by atoms with Crippen molar-refractivity contribution < 1.29 is 4.79 Å². The molecule has 1 N–H and O–H groups in total. The van der Waals surface area contributed by atoms with Gasteiger partial charge in [0.1, 0.15) is 0 Å². The first-order valence-corrected chi connectivity index (χ1v) is 5.31. The van der Waals surface area contributed by atoms with Crippen molar-refractivity contribution in [1.82, 2.24) is 5.01 Å². The van der Waals surface area contributed by atoms with Crippen LogP contribution in [0.4, 0.5) is 10.5 Å². The maximum absolute atomic E-state index is 11.9. The Morgan fingerprint density at radius 3 is 2.76 bits per heavy atom. The van der Waals surface area contributed by atoms with Crippen molar-refractivity contribution in [2.45, 2.75) is 6.92 Å². The molecule has 17 heavy (non-hydrogen) atoms. The third-order valence-electron chi connectivity index (χ3n) is 2.17. The number of amides is 2. The first kappa shape index (κ1) is 11.1. The van der Waals surface area contributed by atoms with Crippen molar-refractivity contribution in [3.8, 4) is 0 Å². The minimum Gasteiger partial charge on any atom is -0.306 e. The molecule has 0 aromatic heterocycles. The van der Waals surface area contributed by atoms with Gasteiger partial charge in [-0.1, -0.05) is 24.3 Å². The van der Waals surface area contributed by atoms with Gasteiger partial charge in [-0.2, -0.15) is 10.1 Å². The number of rotatable bonds is 1. The van der Waals surface area contributed by atoms with Gasteiger partial charge in [0.25, 0.3) is 0 Å². The summed E-state index contributed by atoms with van der Waals surface area (Å²) in [6.07, 6.45) is 7.07. The highest BCUT2D eigenvalue weighted by Gasteiger charge is 2.10. The predicted molar refractivity (Wildman–Crippen MR) is 68.7 cm³/mol. The standard InChI is InChI=1S/C13H13N3O/c1-11-7-5-6-10-16(15-11)13(17)14-12-8-3-2-4-9-12/h2-10H,1H3,(H,14,17). The van der Waals surface area contributed by atoms with E-state index in [9.17, 15) is 4.79 Å². The van der Waals surface area contributed by atoms with E-state index in [4.69, 9.17) is 0 Å². The van der Waals surface area contributed by atoms with Crippen LogP contribution in [0.15, 0.2) is 59.9 Å². The van der Waals surface area contributed by atoms with Gasteiger partial charge < -0.3 is 5.32 Å². The van der Waals surface area contributed by atoms with E-state index in [1.165, 1.54) is 5.01 Å². The number of hydrogen-bond donors (Lipinski definition) is 1. The molecule has 0 saturated carbocycles. The largest absolute Gasteiger partial charge is 0.346 e. The van der Waals surface area contributed by atoms with Gasteiger partial charge >= 0.3 is 6.03 Å². The molecule has 0 saturated heterocycles. The molecule has 0 radical (unpaired) electrons. The Labute approximate surface area is 99.9 Å². The van der Waals surface area contributed by atoms with Gasteiger partial charge in [-0.05, 0) is 31.2 Å². The fraction of sp³-hybridized carbons (Fsp3) is 0.0769. The van der Waals surface area contributed by atoms with Crippen molar-refractivity contribution in [1.29, 1.82) is 0 Å². The second-order valence-corrected chi connectivity index (χ2v) is 3.58. The summed E-state index contributed by atoms with van der Waals surface area (Å²) < 4.78 is 0. The van der Waals surface area contributed by atoms with Crippen LogP contribution in [0.5, 0.6) is 0 Å². The summed E-state index contributed by atoms with van der Waals surface area (Å²) in [6.45, 7) is 1.84. The number of hydrogen-bond acceptors (Lipinski definition) is 2. The molecule has 1 aromatic rings. The van der Waals surface area contributed by atoms with Gasteiger partial charge in [0.2, 0.25) is 0 Å². The minimum atomic E-state index is -0.282. The number of urea groups is 1. The number of carbonyl (C=O) groups excluding carboxylic acids is 1. The zero-order valence-electron chi connectivity index (χ0n) is 9.50. The summed E-state index contributed by atoms with van der Waals surface area (Å²) in [6, 6.07) is 9.00. The molecule has 0 spiro atoms. The quantitative estimate of drug-likeness (QED) is 0.787. The van der Waals surface area contributed by atoms with E-state index in [1.54, 1.807) is 12.3 Å². The van der Waals surface area contributed by atoms with E-state index >= 15 is 0 Å². The Kier molecular flexibility index (Phi) is 3.35. The molecule has 86 valence electrons. The molecule has 1 aliphatic heterocycles. The molecular weight excluding hydrogens is 214 g/mol. The average molecular weight is 227 g/mol. The number of anilines is 1. The van der Waals surface area contributed by atoms with Gasteiger partial charge in [0.05, 0.1) is 5.71 Å². The van der Waals surface area contributed by atoms with E-state index in [0.29, 0.717) is 0 Å². The summed E-state index contributed by atoms with van der Waals surface area (Å²) in [5.74, 6) is 0. The number of allylic oxidation sites excluding steroid dienone is 3. The van der Waals surface area contributed by atoms with Crippen LogP contribution < -0.4 is 5.32 Å². The smallest absolute Gasteiger partial charge is 0.306 e. The summed E-state index contributed by atoms with van der Waals surface area (Å²) in [5.41, 5.74) is 1.52. The summed E-state index contributed by atoms with van der Waals surface area (Å²) in [7, 11) is 0. The molecule has 0 unspecified atom stereocenters. The second kappa shape index (κ2) is 5.12. The minimum absolute atomic E-state index is 0.282. The number of para-hydroxylation sites is 1. The Morgan fingerprint density at radius 2 is 2.00 bits per heavy atom. The maximum Gasteiger partial charge on any atom is 0.346 e. The molecule has 0 bridgehead atoms. The molecule has 2 amide bonds. The topological polar surface area (TPSA) is 44.7 Å². The lowest BCUT2D eigenvalue weighted by atomic mass is 10.3. The fourth-order valence-corrected chi connectivity index (χ4v) is 1.38. The third-order valence-corrected chi connectivity index (χ3v) is 2.17. The molecule has 1 aromatic carbocycles. The van der Waals surface area contributed by atoms with E-state index < -0.39 is 0 Å². The Morgan fingerprint density at radius 1 is 1.24 bits per heavy atom.